The van der Waals surface area contributed by atoms with Gasteiger partial charge in [-0.15, -0.1) is 116 Å². The Kier molecular flexibility index (Phi) is 31.6. The molecular formula is H27P27S. The van der Waals surface area contributed by atoms with Crippen molar-refractivity contribution in [1.82, 2.24) is 0 Å². The molecule has 0 aliphatic carbocycles. The van der Waals surface area contributed by atoms with E-state index in [-0.39, 0.29) is 83.8 Å². The van der Waals surface area contributed by atoms with Gasteiger partial charge in [0.05, 0.1) is 0 Å². The molecule has 0 N–H and O–H groups in total. The minimum atomic E-state index is -0.0794. The van der Waals surface area contributed by atoms with Gasteiger partial charge < -0.3 is 0 Å². The maximum atomic E-state index is 6.00. The van der Waals surface area contributed by atoms with Gasteiger partial charge in [0.25, 0.3) is 0 Å². The predicted molar refractivity (Wildman–Crippen MR) is 232 cm³/mol. The quantitative estimate of drug-likeness (QED) is 0.166. The van der Waals surface area contributed by atoms with Gasteiger partial charge in [0, 0.05) is 28.0 Å². The second-order valence-corrected chi connectivity index (χ2v) is 111. The summed E-state index contributed by atoms with van der Waals surface area (Å²) < 4.78 is 0. The predicted octanol–water partition coefficient (Wildman–Crippen LogP) is 16.0. The molecule has 0 nitrogen and oxygen atoms in total. The molecule has 0 saturated carbocycles. The van der Waals surface area contributed by atoms with Gasteiger partial charge >= 0.3 is 0 Å². The van der Waals surface area contributed by atoms with E-state index in [0.717, 1.165) is 7.96 Å². The minimum absolute atomic E-state index is 0.00447. The average Bonchev–Trinajstić information content (AvgIpc) is 2.52. The third kappa shape index (κ3) is 14.2. The Bertz CT molecular complexity index is 382. The summed E-state index contributed by atoms with van der Waals surface area (Å²) in [5, 5.41) is 0. The fourth-order valence-corrected chi connectivity index (χ4v) is 349. The molecule has 0 radical (unpaired) electrons. The SMILES string of the molecule is PPP(P(P)P)P(P(P)P)P(P=S)P(P(P(P)P)P(P)P)P(P(P)P)P(P)P. The molecule has 0 aliphatic rings. The summed E-state index contributed by atoms with van der Waals surface area (Å²) in [7, 11) is 44.2. The Labute approximate surface area is 224 Å². The molecule has 0 fully saturated rings. The van der Waals surface area contributed by atoms with E-state index in [9.17, 15) is 0 Å². The highest BCUT2D eigenvalue weighted by Gasteiger charge is 2.47. The lowest BCUT2D eigenvalue weighted by Crippen LogP contribution is -1.61. The molecule has 0 aromatic rings. The molecule has 0 rings (SSSR count). The molecule has 0 amide bonds. The fourth-order valence-electron chi connectivity index (χ4n) is 1.44. The third-order valence-electron chi connectivity index (χ3n) is 2.25. The average molecular weight is 896 g/mol. The Morgan fingerprint density at radius 1 is 0.500 bits per heavy atom. The number of hydrogen-bond donors (Lipinski definition) is 0. The first kappa shape index (κ1) is 39.7. The van der Waals surface area contributed by atoms with Crippen LogP contribution in [0.25, 0.3) is 0 Å². The highest BCUT2D eigenvalue weighted by Crippen LogP contribution is 3.34. The zero-order valence-electron chi connectivity index (χ0n) is 14.2. The molecule has 0 aromatic heterocycles. The Hall–Kier alpha value is 11.7. The van der Waals surface area contributed by atoms with Gasteiger partial charge in [0.15, 0.2) is 0 Å². The summed E-state index contributed by atoms with van der Waals surface area (Å²) in [5.41, 5.74) is 0. The summed E-state index contributed by atoms with van der Waals surface area (Å²) in [6, 6.07) is 0. The van der Waals surface area contributed by atoms with Crippen molar-refractivity contribution in [3.8, 4) is 0 Å². The molecule has 17 atom stereocenters. The first-order valence-electron chi connectivity index (χ1n) is 6.19. The number of rotatable bonds is 13. The van der Waals surface area contributed by atoms with Crippen molar-refractivity contribution < 1.29 is 0 Å². The van der Waals surface area contributed by atoms with E-state index in [1.165, 1.54) is 7.04 Å². The maximum Gasteiger partial charge on any atom is 0.0291 e. The molecular weight excluding hydrogens is 868 g/mol. The largest absolute Gasteiger partial charge is 0.109 e. The normalized spacial score (nSPS) is 17.4. The first-order chi connectivity index (χ1) is 12.8. The van der Waals surface area contributed by atoms with Gasteiger partial charge in [-0.2, -0.15) is 0 Å². The van der Waals surface area contributed by atoms with Crippen LogP contribution in [-0.4, -0.2) is 0 Å². The van der Waals surface area contributed by atoms with Crippen molar-refractivity contribution in [2.24, 2.45) is 0 Å². The van der Waals surface area contributed by atoms with Crippen LogP contribution in [0, 0.1) is 0 Å². The van der Waals surface area contributed by atoms with Gasteiger partial charge in [-0.1, -0.05) is 19.8 Å². The first-order valence-corrected chi connectivity index (χ1v) is 55.7. The van der Waals surface area contributed by atoms with E-state index in [0.29, 0.717) is 0 Å². The molecule has 0 heterocycles. The summed E-state index contributed by atoms with van der Waals surface area (Å²) in [6.45, 7) is -0.281. The van der Waals surface area contributed by atoms with E-state index in [2.05, 4.69) is 116 Å². The minimum Gasteiger partial charge on any atom is -0.109 e. The van der Waals surface area contributed by atoms with Gasteiger partial charge in [0.2, 0.25) is 0 Å². The Morgan fingerprint density at radius 2 is 0.821 bits per heavy atom. The van der Waals surface area contributed by atoms with Crippen molar-refractivity contribution in [2.45, 2.75) is 0 Å². The zero-order valence-corrected chi connectivity index (χ0v) is 42.7. The summed E-state index contributed by atoms with van der Waals surface area (Å²) in [5.74, 6) is 0. The van der Waals surface area contributed by atoms with Crippen LogP contribution in [0.15, 0.2) is 0 Å². The highest BCUT2D eigenvalue weighted by molar-refractivity contribution is 9.40. The third-order valence-corrected chi connectivity index (χ3v) is 182. The molecule has 0 bridgehead atoms. The summed E-state index contributed by atoms with van der Waals surface area (Å²) in [6.07, 6.45) is 0. The van der Waals surface area contributed by atoms with Crippen LogP contribution in [-0.2, 0) is 11.8 Å². The van der Waals surface area contributed by atoms with Crippen LogP contribution in [0.3, 0.4) is 0 Å². The van der Waals surface area contributed by atoms with Crippen molar-refractivity contribution in [3.05, 3.63) is 0 Å². The summed E-state index contributed by atoms with van der Waals surface area (Å²) >= 11 is 6.00. The molecule has 28 heteroatoms. The Balaban J connectivity index is 6.63. The second-order valence-electron chi connectivity index (χ2n) is 4.12. The van der Waals surface area contributed by atoms with Gasteiger partial charge in [-0.25, -0.2) is 0 Å². The maximum absolute atomic E-state index is 6.00. The molecule has 168 valence electrons. The highest BCUT2D eigenvalue weighted by atomic mass is 33.5. The lowest BCUT2D eigenvalue weighted by atomic mass is 28.5. The second kappa shape index (κ2) is 22.3. The van der Waals surface area contributed by atoms with E-state index in [4.69, 9.17) is 11.8 Å². The molecule has 0 aliphatic heterocycles. The lowest BCUT2D eigenvalue weighted by Gasteiger charge is -2.48. The number of hydrogen-bond acceptors (Lipinski definition) is 1. The van der Waals surface area contributed by atoms with E-state index in [1.807, 2.05) is 0 Å². The molecule has 0 saturated heterocycles. The van der Waals surface area contributed by atoms with Crippen LogP contribution in [0.5, 0.6) is 0 Å². The van der Waals surface area contributed by atoms with Gasteiger partial charge in [-0.05, 0) is 62.9 Å². The van der Waals surface area contributed by atoms with Crippen LogP contribution >= 0.6 is 215 Å². The van der Waals surface area contributed by atoms with Crippen molar-refractivity contribution >= 4 is 227 Å². The summed E-state index contributed by atoms with van der Waals surface area (Å²) in [4.78, 5) is 0. The Morgan fingerprint density at radius 3 is 1.00 bits per heavy atom. The topological polar surface area (TPSA) is 0 Å². The van der Waals surface area contributed by atoms with Gasteiger partial charge in [0.1, 0.15) is 0 Å². The van der Waals surface area contributed by atoms with Gasteiger partial charge in [-0.3, -0.25) is 0 Å². The van der Waals surface area contributed by atoms with Crippen LogP contribution in [0.4, 0.5) is 0 Å². The van der Waals surface area contributed by atoms with E-state index < -0.39 is 0 Å². The molecule has 28 heavy (non-hydrogen) atoms. The van der Waals surface area contributed by atoms with E-state index in [1.54, 1.807) is 0 Å². The molecule has 17 unspecified atom stereocenters. The standard InChI is InChI=1S/H27P27S/c1-14-22(16(2)3)26(21(12)13)23(15-28)27(24(17(4)5)18(6)7)25(19(8)9)20(10)11/h14H,1-13H2. The smallest absolute Gasteiger partial charge is 0.0291 e. The van der Waals surface area contributed by atoms with Crippen molar-refractivity contribution in [3.63, 3.8) is 0 Å². The fraction of sp³-hybridized carbons (Fsp3) is 0. The van der Waals surface area contributed by atoms with Crippen LogP contribution in [0.2, 0.25) is 0 Å². The van der Waals surface area contributed by atoms with Crippen LogP contribution in [0.1, 0.15) is 0 Å². The zero-order chi connectivity index (χ0) is 22.3. The molecule has 0 spiro atoms. The van der Waals surface area contributed by atoms with E-state index >= 15 is 0 Å². The van der Waals surface area contributed by atoms with Crippen molar-refractivity contribution in [1.29, 1.82) is 0 Å². The van der Waals surface area contributed by atoms with Crippen molar-refractivity contribution in [2.75, 3.05) is 0 Å². The monoisotopic (exact) mass is 895 g/mol. The lowest BCUT2D eigenvalue weighted by molar-refractivity contribution is 4.46. The van der Waals surface area contributed by atoms with Crippen LogP contribution < -0.4 is 0 Å². The molecule has 0 aromatic carbocycles.